The lowest BCUT2D eigenvalue weighted by molar-refractivity contribution is -0.282. The minimum atomic E-state index is -0.284. The number of methoxy groups -OCH3 is 2. The highest BCUT2D eigenvalue weighted by Gasteiger charge is 2.80. The number of fused-ring (bicyclic) bond motifs is 2. The summed E-state index contributed by atoms with van der Waals surface area (Å²) in [7, 11) is 6.07. The molecule has 6 atom stereocenters. The van der Waals surface area contributed by atoms with Crippen LogP contribution >= 0.6 is 0 Å². The van der Waals surface area contributed by atoms with E-state index >= 15 is 0 Å². The van der Waals surface area contributed by atoms with Crippen LogP contribution in [0.4, 0.5) is 0 Å². The van der Waals surface area contributed by atoms with Gasteiger partial charge in [0.1, 0.15) is 11.7 Å². The van der Waals surface area contributed by atoms with Gasteiger partial charge < -0.3 is 23.8 Å². The zero-order valence-corrected chi connectivity index (χ0v) is 21.2. The molecule has 1 saturated heterocycles. The molecule has 0 amide bonds. The Balaban J connectivity index is 1.29. The molecule has 1 aromatic carbocycles. The predicted octanol–water partition coefficient (Wildman–Crippen LogP) is 4.74. The van der Waals surface area contributed by atoms with Gasteiger partial charge in [0.15, 0.2) is 11.5 Å². The minimum Gasteiger partial charge on any atom is -0.493 e. The lowest BCUT2D eigenvalue weighted by Gasteiger charge is -2.73. The van der Waals surface area contributed by atoms with Crippen molar-refractivity contribution in [2.75, 3.05) is 41.0 Å². The molecule has 0 radical (unpaired) electrons. The third kappa shape index (κ3) is 2.52. The summed E-state index contributed by atoms with van der Waals surface area (Å²) in [6.07, 6.45) is 12.6. The molecule has 34 heavy (non-hydrogen) atoms. The maximum Gasteiger partial charge on any atom is 0.165 e. The van der Waals surface area contributed by atoms with E-state index < -0.39 is 0 Å². The van der Waals surface area contributed by atoms with Gasteiger partial charge >= 0.3 is 0 Å². The van der Waals surface area contributed by atoms with Crippen LogP contribution in [0.2, 0.25) is 0 Å². The Morgan fingerprint density at radius 3 is 2.71 bits per heavy atom. The smallest absolute Gasteiger partial charge is 0.165 e. The molecule has 1 aromatic rings. The van der Waals surface area contributed by atoms with Crippen LogP contribution in [0.5, 0.6) is 11.5 Å². The number of hydrogen-bond donors (Lipinski definition) is 0. The summed E-state index contributed by atoms with van der Waals surface area (Å²) in [6.45, 7) is 2.85. The molecule has 8 rings (SSSR count). The van der Waals surface area contributed by atoms with Crippen molar-refractivity contribution in [3.63, 3.8) is 0 Å². The van der Waals surface area contributed by atoms with Gasteiger partial charge in [-0.3, -0.25) is 0 Å². The highest BCUT2D eigenvalue weighted by molar-refractivity contribution is 5.63. The molecule has 2 aliphatic heterocycles. The molecule has 4 bridgehead atoms. The second-order valence-corrected chi connectivity index (χ2v) is 12.3. The average molecular weight is 468 g/mol. The van der Waals surface area contributed by atoms with Gasteiger partial charge in [-0.25, -0.2) is 0 Å². The van der Waals surface area contributed by atoms with Gasteiger partial charge in [0.25, 0.3) is 0 Å². The highest BCUT2D eigenvalue weighted by Crippen LogP contribution is 2.76. The number of hydrogen-bond acceptors (Lipinski definition) is 5. The topological polar surface area (TPSA) is 40.2 Å². The number of rotatable bonds is 6. The maximum absolute atomic E-state index is 7.06. The lowest BCUT2D eigenvalue weighted by atomic mass is 9.35. The monoisotopic (exact) mass is 467 g/mol. The standard InChI is InChI=1S/C29H41NO4/c1-30-14-13-28-24-20-9-10-22(31-2)25(24)34-26(28)29(32-3)12-11-27(28,23(30)15-20)16-21(29)18-33-17-19-7-5-4-6-8-19/h9-10,19,21,23,26H,4-8,11-18H2,1-3H3/t21-,23-,26-,27-,28+,29-/m1/s1. The molecule has 4 saturated carbocycles. The number of likely N-dealkylation sites (N-methyl/N-ethyl adjacent to an activating group) is 1. The van der Waals surface area contributed by atoms with E-state index in [0.29, 0.717) is 12.0 Å². The van der Waals surface area contributed by atoms with Crippen LogP contribution in [-0.2, 0) is 21.3 Å². The number of likely N-dealkylation sites (tertiary alicyclic amines) is 1. The molecule has 0 N–H and O–H groups in total. The molecule has 5 aliphatic carbocycles. The number of ether oxygens (including phenoxy) is 4. The van der Waals surface area contributed by atoms with Crippen molar-refractivity contribution in [2.45, 2.75) is 87.4 Å². The van der Waals surface area contributed by atoms with E-state index in [1.807, 2.05) is 7.11 Å². The van der Waals surface area contributed by atoms with Crippen LogP contribution in [0, 0.1) is 17.3 Å². The van der Waals surface area contributed by atoms with Gasteiger partial charge in [0.2, 0.25) is 0 Å². The molecule has 5 fully saturated rings. The zero-order chi connectivity index (χ0) is 23.1. The maximum atomic E-state index is 7.06. The molecule has 7 aliphatic rings. The van der Waals surface area contributed by atoms with E-state index in [0.717, 1.165) is 56.4 Å². The fourth-order valence-corrected chi connectivity index (χ4v) is 9.91. The SMILES string of the molecule is COc1ccc2c3c1O[C@H]1[C@@]4(OC)CC[C@@]5(C[C@@H]4COCC4CCCCC4)[C@@H](C2)N(C)CC[C@]315. The van der Waals surface area contributed by atoms with E-state index in [1.54, 1.807) is 7.11 Å². The molecule has 2 heterocycles. The molecule has 0 aromatic heterocycles. The largest absolute Gasteiger partial charge is 0.493 e. The van der Waals surface area contributed by atoms with E-state index in [1.165, 1.54) is 56.1 Å². The van der Waals surface area contributed by atoms with Gasteiger partial charge in [-0.2, -0.15) is 0 Å². The first kappa shape index (κ1) is 21.9. The van der Waals surface area contributed by atoms with Crippen LogP contribution in [0.25, 0.3) is 0 Å². The summed E-state index contributed by atoms with van der Waals surface area (Å²) >= 11 is 0. The van der Waals surface area contributed by atoms with Crippen molar-refractivity contribution < 1.29 is 18.9 Å². The molecular formula is C29H41NO4. The minimum absolute atomic E-state index is 0.0375. The second-order valence-electron chi connectivity index (χ2n) is 12.3. The fourth-order valence-electron chi connectivity index (χ4n) is 9.91. The summed E-state index contributed by atoms with van der Waals surface area (Å²) in [5.74, 6) is 3.04. The number of benzene rings is 1. The van der Waals surface area contributed by atoms with Crippen LogP contribution in [0.15, 0.2) is 12.1 Å². The fraction of sp³-hybridized carbons (Fsp3) is 0.793. The third-order valence-electron chi connectivity index (χ3n) is 11.4. The summed E-state index contributed by atoms with van der Waals surface area (Å²) in [6, 6.07) is 5.01. The summed E-state index contributed by atoms with van der Waals surface area (Å²) in [5, 5.41) is 0. The quantitative estimate of drug-likeness (QED) is 0.605. The van der Waals surface area contributed by atoms with Crippen LogP contribution in [0.1, 0.15) is 68.9 Å². The first-order valence-corrected chi connectivity index (χ1v) is 13.8. The first-order chi connectivity index (χ1) is 16.6. The Labute approximate surface area is 204 Å². The van der Waals surface area contributed by atoms with Gasteiger partial charge in [0.05, 0.1) is 13.7 Å². The molecule has 186 valence electrons. The summed E-state index contributed by atoms with van der Waals surface area (Å²) in [4.78, 5) is 2.67. The predicted molar refractivity (Wildman–Crippen MR) is 131 cm³/mol. The Morgan fingerprint density at radius 2 is 1.91 bits per heavy atom. The van der Waals surface area contributed by atoms with E-state index in [2.05, 4.69) is 24.1 Å². The second kappa shape index (κ2) is 7.60. The summed E-state index contributed by atoms with van der Waals surface area (Å²) in [5.41, 5.74) is 2.94. The Morgan fingerprint density at radius 1 is 1.06 bits per heavy atom. The van der Waals surface area contributed by atoms with E-state index in [-0.39, 0.29) is 22.5 Å². The van der Waals surface area contributed by atoms with Crippen molar-refractivity contribution in [3.8, 4) is 11.5 Å². The van der Waals surface area contributed by atoms with Crippen molar-refractivity contribution in [2.24, 2.45) is 17.3 Å². The van der Waals surface area contributed by atoms with Gasteiger partial charge in [-0.05, 0) is 76.1 Å². The Hall–Kier alpha value is -1.30. The molecule has 0 unspecified atom stereocenters. The van der Waals surface area contributed by atoms with Crippen molar-refractivity contribution in [3.05, 3.63) is 23.3 Å². The number of nitrogens with zero attached hydrogens (tertiary/aromatic N) is 1. The lowest BCUT2D eigenvalue weighted by Crippen LogP contribution is -2.81. The summed E-state index contributed by atoms with van der Waals surface area (Å²) < 4.78 is 26.0. The Bertz CT molecular complexity index is 975. The highest BCUT2D eigenvalue weighted by atomic mass is 16.6. The normalized spacial score (nSPS) is 42.4. The molecule has 5 nitrogen and oxygen atoms in total. The van der Waals surface area contributed by atoms with Crippen LogP contribution in [-0.4, -0.2) is 63.7 Å². The van der Waals surface area contributed by atoms with Gasteiger partial charge in [-0.1, -0.05) is 25.3 Å². The molecule has 2 spiro atoms. The molecular weight excluding hydrogens is 426 g/mol. The van der Waals surface area contributed by atoms with Crippen molar-refractivity contribution >= 4 is 0 Å². The average Bonchev–Trinajstić information content (AvgIpc) is 3.24. The van der Waals surface area contributed by atoms with Crippen molar-refractivity contribution in [1.82, 2.24) is 4.90 Å². The van der Waals surface area contributed by atoms with Gasteiger partial charge in [-0.15, -0.1) is 0 Å². The van der Waals surface area contributed by atoms with Gasteiger partial charge in [0, 0.05) is 42.1 Å². The van der Waals surface area contributed by atoms with Crippen molar-refractivity contribution in [1.29, 1.82) is 0 Å². The van der Waals surface area contributed by atoms with Crippen LogP contribution in [0.3, 0.4) is 0 Å². The third-order valence-corrected chi connectivity index (χ3v) is 11.4. The Kier molecular flexibility index (Phi) is 4.90. The van der Waals surface area contributed by atoms with E-state index in [9.17, 15) is 0 Å². The number of piperidine rings is 1. The van der Waals surface area contributed by atoms with E-state index in [4.69, 9.17) is 18.9 Å². The zero-order valence-electron chi connectivity index (χ0n) is 21.2. The molecule has 5 heteroatoms. The first-order valence-electron chi connectivity index (χ1n) is 13.8. The van der Waals surface area contributed by atoms with Crippen LogP contribution < -0.4 is 9.47 Å².